The van der Waals surface area contributed by atoms with E-state index in [1.165, 1.54) is 0 Å². The molecule has 130 valence electrons. The molecule has 0 aliphatic heterocycles. The van der Waals surface area contributed by atoms with E-state index in [2.05, 4.69) is 29.0 Å². The van der Waals surface area contributed by atoms with Crippen molar-refractivity contribution < 1.29 is 4.21 Å². The molecule has 0 radical (unpaired) electrons. The summed E-state index contributed by atoms with van der Waals surface area (Å²) in [5, 5.41) is 1.09. The lowest BCUT2D eigenvalue weighted by Crippen LogP contribution is -2.35. The van der Waals surface area contributed by atoms with E-state index < -0.39 is 11.0 Å². The second-order valence-electron chi connectivity index (χ2n) is 7.21. The molecule has 4 heteroatoms. The molecule has 0 fully saturated rings. The molecule has 3 nitrogen and oxygen atoms in total. The Bertz CT molecular complexity index is 901. The Kier molecular flexibility index (Phi) is 5.02. The fourth-order valence-electron chi connectivity index (χ4n) is 2.69. The lowest BCUT2D eigenvalue weighted by Gasteiger charge is -2.23. The summed E-state index contributed by atoms with van der Waals surface area (Å²) in [7, 11) is -1.14. The van der Waals surface area contributed by atoms with Crippen molar-refractivity contribution in [1.82, 2.24) is 9.71 Å². The number of hydrogen-bond donors (Lipinski definition) is 1. The molecule has 1 N–H and O–H groups in total. The predicted molar refractivity (Wildman–Crippen MR) is 107 cm³/mol. The van der Waals surface area contributed by atoms with Crippen molar-refractivity contribution in [3.63, 3.8) is 0 Å². The van der Waals surface area contributed by atoms with Crippen LogP contribution in [0.5, 0.6) is 0 Å². The third-order valence-corrected chi connectivity index (χ3v) is 5.79. The molecule has 25 heavy (non-hydrogen) atoms. The van der Waals surface area contributed by atoms with E-state index in [1.54, 1.807) is 0 Å². The molecule has 0 amide bonds. The highest BCUT2D eigenvalue weighted by molar-refractivity contribution is 7.84. The van der Waals surface area contributed by atoms with Gasteiger partial charge in [0.1, 0.15) is 0 Å². The Balaban J connectivity index is 2.10. The van der Waals surface area contributed by atoms with E-state index in [0.29, 0.717) is 0 Å². The third-order valence-electron chi connectivity index (χ3n) is 4.11. The average molecular weight is 353 g/mol. The first-order valence-electron chi connectivity index (χ1n) is 8.49. The molecule has 0 bridgehead atoms. The second kappa shape index (κ2) is 7.06. The fraction of sp³-hybridized carbons (Fsp3) is 0.286. The monoisotopic (exact) mass is 352 g/mol. The quantitative estimate of drug-likeness (QED) is 0.717. The van der Waals surface area contributed by atoms with Gasteiger partial charge in [-0.15, -0.1) is 0 Å². The highest BCUT2D eigenvalue weighted by Crippen LogP contribution is 2.30. The van der Waals surface area contributed by atoms with Gasteiger partial charge in [0, 0.05) is 17.0 Å². The molecule has 3 aromatic rings. The maximum atomic E-state index is 12.5. The summed E-state index contributed by atoms with van der Waals surface area (Å²) in [5.41, 5.74) is 4.03. The van der Waals surface area contributed by atoms with Gasteiger partial charge in [0.15, 0.2) is 0 Å². The molecule has 0 aliphatic carbocycles. The van der Waals surface area contributed by atoms with Crippen LogP contribution < -0.4 is 4.72 Å². The number of aromatic nitrogens is 1. The number of para-hydroxylation sites is 1. The van der Waals surface area contributed by atoms with Gasteiger partial charge in [-0.05, 0) is 45.4 Å². The van der Waals surface area contributed by atoms with Crippen LogP contribution in [0.3, 0.4) is 0 Å². The summed E-state index contributed by atoms with van der Waals surface area (Å²) in [4.78, 5) is 4.90. The Morgan fingerprint density at radius 3 is 2.32 bits per heavy atom. The molecule has 0 spiro atoms. The number of hydrogen-bond acceptors (Lipinski definition) is 2. The molecule has 0 saturated carbocycles. The van der Waals surface area contributed by atoms with E-state index in [4.69, 9.17) is 4.98 Å². The SMILES string of the molecule is CC(N[S@](=O)C(C)(C)C)c1cc2ccccc2nc1-c1ccccc1. The van der Waals surface area contributed by atoms with E-state index in [9.17, 15) is 4.21 Å². The van der Waals surface area contributed by atoms with Crippen LogP contribution in [0.15, 0.2) is 60.7 Å². The molecule has 2 aromatic carbocycles. The number of fused-ring (bicyclic) bond motifs is 1. The Labute approximate surface area is 152 Å². The van der Waals surface area contributed by atoms with E-state index in [0.717, 1.165) is 27.7 Å². The average Bonchev–Trinajstić information content (AvgIpc) is 2.60. The van der Waals surface area contributed by atoms with Crippen molar-refractivity contribution in [1.29, 1.82) is 0 Å². The topological polar surface area (TPSA) is 42.0 Å². The maximum absolute atomic E-state index is 12.5. The number of nitrogens with zero attached hydrogens (tertiary/aromatic N) is 1. The Morgan fingerprint density at radius 2 is 1.64 bits per heavy atom. The molecular formula is C21H24N2OS. The number of pyridine rings is 1. The van der Waals surface area contributed by atoms with Gasteiger partial charge < -0.3 is 0 Å². The molecule has 1 unspecified atom stereocenters. The van der Waals surface area contributed by atoms with Crippen molar-refractivity contribution in [2.75, 3.05) is 0 Å². The van der Waals surface area contributed by atoms with E-state index in [1.807, 2.05) is 64.1 Å². The van der Waals surface area contributed by atoms with Crippen LogP contribution in [0, 0.1) is 0 Å². The minimum atomic E-state index is -1.14. The van der Waals surface area contributed by atoms with Gasteiger partial charge >= 0.3 is 0 Å². The van der Waals surface area contributed by atoms with Crippen LogP contribution in [0.2, 0.25) is 0 Å². The first kappa shape index (κ1) is 17.8. The van der Waals surface area contributed by atoms with Crippen LogP contribution in [0.25, 0.3) is 22.2 Å². The van der Waals surface area contributed by atoms with Crippen LogP contribution in [0.4, 0.5) is 0 Å². The Hall–Kier alpha value is -2.04. The number of benzene rings is 2. The highest BCUT2D eigenvalue weighted by atomic mass is 32.2. The Morgan fingerprint density at radius 1 is 1.00 bits per heavy atom. The standard InChI is InChI=1S/C21H24N2OS/c1-15(23-25(24)21(2,3)4)18-14-17-12-8-9-13-19(17)22-20(18)16-10-6-5-7-11-16/h5-15,23H,1-4H3/t15?,25-/m1/s1. The number of rotatable bonds is 4. The van der Waals surface area contributed by atoms with Crippen LogP contribution in [-0.2, 0) is 11.0 Å². The first-order valence-corrected chi connectivity index (χ1v) is 9.64. The van der Waals surface area contributed by atoms with Crippen LogP contribution >= 0.6 is 0 Å². The van der Waals surface area contributed by atoms with Gasteiger partial charge in [-0.2, -0.15) is 0 Å². The summed E-state index contributed by atoms with van der Waals surface area (Å²) >= 11 is 0. The molecule has 0 aliphatic rings. The van der Waals surface area contributed by atoms with Crippen molar-refractivity contribution in [2.24, 2.45) is 0 Å². The largest absolute Gasteiger partial charge is 0.247 e. The summed E-state index contributed by atoms with van der Waals surface area (Å²) in [6, 6.07) is 20.3. The lowest BCUT2D eigenvalue weighted by atomic mass is 9.99. The van der Waals surface area contributed by atoms with Gasteiger partial charge in [-0.1, -0.05) is 48.5 Å². The van der Waals surface area contributed by atoms with Gasteiger partial charge in [-0.25, -0.2) is 13.9 Å². The molecule has 3 rings (SSSR count). The third kappa shape index (κ3) is 3.97. The van der Waals surface area contributed by atoms with Crippen LogP contribution in [0.1, 0.15) is 39.3 Å². The summed E-state index contributed by atoms with van der Waals surface area (Å²) in [5.74, 6) is 0. The zero-order valence-electron chi connectivity index (χ0n) is 15.1. The molecule has 2 atom stereocenters. The summed E-state index contributed by atoms with van der Waals surface area (Å²) in [6.45, 7) is 7.96. The van der Waals surface area contributed by atoms with Gasteiger partial charge in [0.05, 0.1) is 26.9 Å². The minimum absolute atomic E-state index is 0.0765. The van der Waals surface area contributed by atoms with Gasteiger partial charge in [0.2, 0.25) is 0 Å². The van der Waals surface area contributed by atoms with Crippen molar-refractivity contribution in [3.05, 3.63) is 66.2 Å². The second-order valence-corrected chi connectivity index (χ2v) is 9.20. The van der Waals surface area contributed by atoms with E-state index >= 15 is 0 Å². The molecule has 0 saturated heterocycles. The fourth-order valence-corrected chi connectivity index (χ4v) is 3.49. The summed E-state index contributed by atoms with van der Waals surface area (Å²) in [6.07, 6.45) is 0. The smallest absolute Gasteiger partial charge is 0.0975 e. The zero-order valence-corrected chi connectivity index (χ0v) is 15.9. The van der Waals surface area contributed by atoms with E-state index in [-0.39, 0.29) is 10.8 Å². The maximum Gasteiger partial charge on any atom is 0.0975 e. The molecular weight excluding hydrogens is 328 g/mol. The van der Waals surface area contributed by atoms with Crippen LogP contribution in [-0.4, -0.2) is 13.9 Å². The summed E-state index contributed by atoms with van der Waals surface area (Å²) < 4.78 is 15.5. The van der Waals surface area contributed by atoms with Gasteiger partial charge in [-0.3, -0.25) is 0 Å². The zero-order chi connectivity index (χ0) is 18.0. The predicted octanol–water partition coefficient (Wildman–Crippen LogP) is 5.01. The number of nitrogens with one attached hydrogen (secondary N) is 1. The van der Waals surface area contributed by atoms with Crippen molar-refractivity contribution >= 4 is 21.9 Å². The lowest BCUT2D eigenvalue weighted by molar-refractivity contribution is 0.616. The normalized spacial score (nSPS) is 14.4. The molecule has 1 aromatic heterocycles. The van der Waals surface area contributed by atoms with Gasteiger partial charge in [0.25, 0.3) is 0 Å². The first-order chi connectivity index (χ1) is 11.9. The van der Waals surface area contributed by atoms with Crippen molar-refractivity contribution in [2.45, 2.75) is 38.5 Å². The minimum Gasteiger partial charge on any atom is -0.247 e. The molecule has 1 heterocycles. The van der Waals surface area contributed by atoms with Crippen molar-refractivity contribution in [3.8, 4) is 11.3 Å². The highest BCUT2D eigenvalue weighted by Gasteiger charge is 2.23.